The molecule has 0 N–H and O–H groups in total. The Labute approximate surface area is 216 Å². The van der Waals surface area contributed by atoms with Crippen LogP contribution in [0.3, 0.4) is 0 Å². The van der Waals surface area contributed by atoms with Crippen molar-refractivity contribution in [2.24, 2.45) is 14.1 Å². The number of ketones is 1. The van der Waals surface area contributed by atoms with Crippen molar-refractivity contribution in [1.82, 2.24) is 23.9 Å². The summed E-state index contributed by atoms with van der Waals surface area (Å²) in [6.07, 6.45) is 8.09. The molecule has 0 saturated carbocycles. The first kappa shape index (κ1) is 24.6. The summed E-state index contributed by atoms with van der Waals surface area (Å²) in [4.78, 5) is 42.9. The zero-order chi connectivity index (χ0) is 26.8. The molecule has 9 nitrogen and oxygen atoms in total. The number of ether oxygens (including phenoxy) is 1. The molecule has 0 unspecified atom stereocenters. The Bertz CT molecular complexity index is 1750. The van der Waals surface area contributed by atoms with E-state index in [2.05, 4.69) is 10.1 Å². The lowest BCUT2D eigenvalue weighted by Gasteiger charge is -2.11. The van der Waals surface area contributed by atoms with Gasteiger partial charge in [0.15, 0.2) is 5.78 Å². The molecule has 5 aromatic rings. The highest BCUT2D eigenvalue weighted by Crippen LogP contribution is 2.32. The normalized spacial score (nSPS) is 10.9. The molecule has 190 valence electrons. The van der Waals surface area contributed by atoms with Gasteiger partial charge >= 0.3 is 5.69 Å². The maximum absolute atomic E-state index is 13.3. The largest absolute Gasteiger partial charge is 0.457 e. The van der Waals surface area contributed by atoms with Gasteiger partial charge in [0, 0.05) is 56.4 Å². The minimum Gasteiger partial charge on any atom is -0.457 e. The Kier molecular flexibility index (Phi) is 6.53. The topological polar surface area (TPSA) is 101 Å². The summed E-state index contributed by atoms with van der Waals surface area (Å²) in [6.45, 7) is 0. The molecule has 0 bridgehead atoms. The van der Waals surface area contributed by atoms with Crippen molar-refractivity contribution in [3.8, 4) is 28.3 Å². The molecule has 0 aliphatic heterocycles. The fourth-order valence-electron chi connectivity index (χ4n) is 4.01. The molecule has 38 heavy (non-hydrogen) atoms. The van der Waals surface area contributed by atoms with Gasteiger partial charge in [-0.25, -0.2) is 13.8 Å². The summed E-state index contributed by atoms with van der Waals surface area (Å²) < 4.78 is 23.1. The smallest absolute Gasteiger partial charge is 0.335 e. The van der Waals surface area contributed by atoms with Crippen LogP contribution in [-0.2, 0) is 20.5 Å². The van der Waals surface area contributed by atoms with Crippen LogP contribution < -0.4 is 16.0 Å². The van der Waals surface area contributed by atoms with Crippen molar-refractivity contribution in [2.45, 2.75) is 6.42 Å². The zero-order valence-corrected chi connectivity index (χ0v) is 20.5. The molecule has 0 fully saturated rings. The first-order valence-corrected chi connectivity index (χ1v) is 11.6. The maximum atomic E-state index is 13.3. The third-order valence-corrected chi connectivity index (χ3v) is 5.95. The van der Waals surface area contributed by atoms with Gasteiger partial charge in [-0.3, -0.25) is 19.3 Å². The molecular weight excluding hydrogens is 489 g/mol. The zero-order valence-electron chi connectivity index (χ0n) is 20.5. The van der Waals surface area contributed by atoms with Gasteiger partial charge in [-0.05, 0) is 48.0 Å². The van der Waals surface area contributed by atoms with Gasteiger partial charge in [0.05, 0.1) is 11.9 Å². The summed E-state index contributed by atoms with van der Waals surface area (Å²) in [5.74, 6) is 0.195. The molecule has 5 rings (SSSR count). The molecule has 0 amide bonds. The quantitative estimate of drug-likeness (QED) is 0.309. The second kappa shape index (κ2) is 10.1. The highest BCUT2D eigenvalue weighted by molar-refractivity contribution is 5.97. The molecule has 0 radical (unpaired) electrons. The third kappa shape index (κ3) is 4.92. The van der Waals surface area contributed by atoms with Crippen molar-refractivity contribution < 1.29 is 13.9 Å². The van der Waals surface area contributed by atoms with Gasteiger partial charge in [0.2, 0.25) is 0 Å². The molecule has 0 aliphatic rings. The Morgan fingerprint density at radius 1 is 0.947 bits per heavy atom. The Balaban J connectivity index is 1.37. The van der Waals surface area contributed by atoms with Gasteiger partial charge in [-0.2, -0.15) is 5.10 Å². The van der Waals surface area contributed by atoms with E-state index in [1.54, 1.807) is 53.6 Å². The van der Waals surface area contributed by atoms with Crippen LogP contribution in [0.1, 0.15) is 15.9 Å². The highest BCUT2D eigenvalue weighted by atomic mass is 19.1. The number of carbonyl (C=O) groups is 1. The van der Waals surface area contributed by atoms with Crippen LogP contribution in [-0.4, -0.2) is 29.7 Å². The van der Waals surface area contributed by atoms with Crippen molar-refractivity contribution in [3.63, 3.8) is 0 Å². The van der Waals surface area contributed by atoms with Crippen molar-refractivity contribution in [2.75, 3.05) is 0 Å². The number of carbonyl (C=O) groups excluding carboxylic acids is 1. The molecule has 10 heteroatoms. The number of aromatic nitrogens is 5. The molecule has 0 atom stereocenters. The van der Waals surface area contributed by atoms with Gasteiger partial charge < -0.3 is 9.30 Å². The molecule has 3 heterocycles. The maximum Gasteiger partial charge on any atom is 0.335 e. The molecule has 0 spiro atoms. The fourth-order valence-corrected chi connectivity index (χ4v) is 4.01. The number of Topliss-reactive ketones (excluding diaryl/α,β-unsaturated/α-hetero) is 1. The number of hydrogen-bond donors (Lipinski definition) is 0. The van der Waals surface area contributed by atoms with E-state index in [0.717, 1.165) is 32.4 Å². The predicted octanol–water partition coefficient (Wildman–Crippen LogP) is 3.69. The average molecular weight is 512 g/mol. The molecule has 3 aromatic heterocycles. The lowest BCUT2D eigenvalue weighted by atomic mass is 10.0. The van der Waals surface area contributed by atoms with Crippen molar-refractivity contribution in [1.29, 1.82) is 0 Å². The lowest BCUT2D eigenvalue weighted by molar-refractivity contribution is 0.0990. The van der Waals surface area contributed by atoms with Crippen LogP contribution in [0.4, 0.5) is 4.39 Å². The van der Waals surface area contributed by atoms with Crippen LogP contribution in [0.5, 0.6) is 11.5 Å². The number of hydrogen-bond acceptors (Lipinski definition) is 6. The average Bonchev–Trinajstić information content (AvgIpc) is 3.35. The molecule has 0 aliphatic carbocycles. The molecule has 0 saturated heterocycles. The number of aryl methyl sites for hydroxylation is 2. The van der Waals surface area contributed by atoms with Gasteiger partial charge in [0.1, 0.15) is 22.9 Å². The van der Waals surface area contributed by atoms with Gasteiger partial charge in [-0.15, -0.1) is 0 Å². The Hall–Kier alpha value is -5.12. The molecule has 2 aromatic carbocycles. The summed E-state index contributed by atoms with van der Waals surface area (Å²) in [5, 5.41) is 4.19. The first-order chi connectivity index (χ1) is 18.3. The summed E-state index contributed by atoms with van der Waals surface area (Å²) in [6, 6.07) is 13.6. The number of halogens is 1. The predicted molar refractivity (Wildman–Crippen MR) is 138 cm³/mol. The highest BCUT2D eigenvalue weighted by Gasteiger charge is 2.18. The SMILES string of the molecule is Cn1cc(-c2cnccc2Oc2ccc(CC(=O)c3cn(C)c(=O)n(-c4ccc(F)cc4)c3=O)cc2)cn1. The summed E-state index contributed by atoms with van der Waals surface area (Å²) >= 11 is 0. The van der Waals surface area contributed by atoms with Crippen LogP contribution >= 0.6 is 0 Å². The Morgan fingerprint density at radius 2 is 1.68 bits per heavy atom. The standard InChI is InChI=1S/C28H22FN5O4/c1-32-17-24(27(36)34(28(32)37)21-7-5-20(29)6-8-21)25(35)13-18-3-9-22(10-4-18)38-26-11-12-30-15-23(26)19-14-31-33(2)16-19/h3-12,14-17H,13H2,1-2H3. The fraction of sp³-hybridized carbons (Fsp3) is 0.107. The number of rotatable bonds is 7. The van der Waals surface area contributed by atoms with Gasteiger partial charge in [0.25, 0.3) is 5.56 Å². The Morgan fingerprint density at radius 3 is 2.37 bits per heavy atom. The van der Waals surface area contributed by atoms with E-state index in [1.807, 2.05) is 13.2 Å². The van der Waals surface area contributed by atoms with E-state index >= 15 is 0 Å². The van der Waals surface area contributed by atoms with E-state index in [-0.39, 0.29) is 17.7 Å². The lowest BCUT2D eigenvalue weighted by Crippen LogP contribution is -2.40. The third-order valence-electron chi connectivity index (χ3n) is 5.95. The summed E-state index contributed by atoms with van der Waals surface area (Å²) in [5.41, 5.74) is 0.941. The van der Waals surface area contributed by atoms with Crippen molar-refractivity contribution in [3.05, 3.63) is 123 Å². The summed E-state index contributed by atoms with van der Waals surface area (Å²) in [7, 11) is 3.27. The van der Waals surface area contributed by atoms with E-state index in [4.69, 9.17) is 4.74 Å². The van der Waals surface area contributed by atoms with E-state index in [1.165, 1.54) is 25.4 Å². The second-order valence-electron chi connectivity index (χ2n) is 8.67. The molecular formula is C28H22FN5O4. The number of nitrogens with zero attached hydrogens (tertiary/aromatic N) is 5. The van der Waals surface area contributed by atoms with Crippen molar-refractivity contribution >= 4 is 5.78 Å². The van der Waals surface area contributed by atoms with E-state index in [0.29, 0.717) is 17.1 Å². The number of benzene rings is 2. The minimum absolute atomic E-state index is 0.0622. The van der Waals surface area contributed by atoms with E-state index < -0.39 is 22.8 Å². The van der Waals surface area contributed by atoms with Crippen LogP contribution in [0.2, 0.25) is 0 Å². The van der Waals surface area contributed by atoms with Gasteiger partial charge in [-0.1, -0.05) is 12.1 Å². The monoisotopic (exact) mass is 511 g/mol. The minimum atomic E-state index is -0.759. The van der Waals surface area contributed by atoms with Crippen LogP contribution in [0, 0.1) is 5.82 Å². The van der Waals surface area contributed by atoms with Crippen LogP contribution in [0.25, 0.3) is 16.8 Å². The van der Waals surface area contributed by atoms with Crippen LogP contribution in [0.15, 0.2) is 95.2 Å². The van der Waals surface area contributed by atoms with E-state index in [9.17, 15) is 18.8 Å². The number of pyridine rings is 1. The first-order valence-electron chi connectivity index (χ1n) is 11.6. The second-order valence-corrected chi connectivity index (χ2v) is 8.67.